The number of nitrogens with one attached hydrogen (secondary N) is 1. The van der Waals surface area contributed by atoms with E-state index in [-0.39, 0.29) is 24.0 Å². The highest BCUT2D eigenvalue weighted by atomic mass is 127. The molecule has 0 aliphatic carbocycles. The van der Waals surface area contributed by atoms with Crippen molar-refractivity contribution in [3.8, 4) is 0 Å². The number of aryl methyl sites for hydroxylation is 1. The Kier molecular flexibility index (Phi) is 8.92. The minimum absolute atomic E-state index is 0. The van der Waals surface area contributed by atoms with Crippen molar-refractivity contribution in [2.24, 2.45) is 10.9 Å². The second-order valence-electron chi connectivity index (χ2n) is 8.50. The van der Waals surface area contributed by atoms with Crippen LogP contribution >= 0.6 is 35.6 Å². The van der Waals surface area contributed by atoms with E-state index in [4.69, 9.17) is 16.3 Å². The number of benzene rings is 1. The van der Waals surface area contributed by atoms with Crippen molar-refractivity contribution < 1.29 is 4.74 Å². The van der Waals surface area contributed by atoms with Gasteiger partial charge in [-0.15, -0.1) is 24.0 Å². The molecular formula is C22H35ClIN5O. The third kappa shape index (κ3) is 5.72. The molecule has 0 aromatic heterocycles. The molecule has 6 nitrogen and oxygen atoms in total. The van der Waals surface area contributed by atoms with E-state index in [1.165, 1.54) is 24.1 Å². The SMILES string of the molecule is CN=C(NCC1CCN(c2cc(Cl)ccc2C)C1)N1CCC(N2CCOCC2)C1.I. The summed E-state index contributed by atoms with van der Waals surface area (Å²) in [5, 5.41) is 4.47. The molecule has 3 saturated heterocycles. The van der Waals surface area contributed by atoms with Crippen LogP contribution in [-0.4, -0.2) is 87.9 Å². The standard InChI is InChI=1S/C22H34ClN5O.HI/c1-17-3-4-19(23)13-21(17)27-7-5-18(15-27)14-25-22(24-2)28-8-6-20(16-28)26-9-11-29-12-10-26;/h3-4,13,18,20H,5-12,14-16H2,1-2H3,(H,24,25);1H. The molecule has 3 heterocycles. The number of hydrogen-bond acceptors (Lipinski definition) is 4. The lowest BCUT2D eigenvalue weighted by Crippen LogP contribution is -2.47. The summed E-state index contributed by atoms with van der Waals surface area (Å²) < 4.78 is 5.50. The fourth-order valence-electron chi connectivity index (χ4n) is 4.88. The smallest absolute Gasteiger partial charge is 0.193 e. The third-order valence-corrected chi connectivity index (χ3v) is 6.82. The van der Waals surface area contributed by atoms with Crippen molar-refractivity contribution >= 4 is 47.2 Å². The molecule has 30 heavy (non-hydrogen) atoms. The van der Waals surface area contributed by atoms with Crippen LogP contribution in [-0.2, 0) is 4.74 Å². The Morgan fingerprint density at radius 3 is 2.73 bits per heavy atom. The maximum absolute atomic E-state index is 6.22. The molecule has 4 rings (SSSR count). The molecule has 3 aliphatic rings. The molecule has 1 N–H and O–H groups in total. The number of aliphatic imine (C=N–C) groups is 1. The fourth-order valence-corrected chi connectivity index (χ4v) is 5.05. The van der Waals surface area contributed by atoms with Crippen molar-refractivity contribution in [3.63, 3.8) is 0 Å². The highest BCUT2D eigenvalue weighted by molar-refractivity contribution is 14.0. The molecule has 0 bridgehead atoms. The molecule has 0 spiro atoms. The van der Waals surface area contributed by atoms with E-state index in [1.807, 2.05) is 13.1 Å². The fraction of sp³-hybridized carbons (Fsp3) is 0.682. The Labute approximate surface area is 203 Å². The van der Waals surface area contributed by atoms with Gasteiger partial charge >= 0.3 is 0 Å². The first-order chi connectivity index (χ1) is 14.1. The zero-order valence-electron chi connectivity index (χ0n) is 18.1. The molecule has 0 amide bonds. The van der Waals surface area contributed by atoms with Gasteiger partial charge in [-0.1, -0.05) is 17.7 Å². The molecule has 0 radical (unpaired) electrons. The van der Waals surface area contributed by atoms with Crippen LogP contribution in [0.1, 0.15) is 18.4 Å². The minimum atomic E-state index is 0. The van der Waals surface area contributed by atoms with Crippen LogP contribution in [0.5, 0.6) is 0 Å². The number of ether oxygens (including phenoxy) is 1. The van der Waals surface area contributed by atoms with Crippen LogP contribution in [0.2, 0.25) is 5.02 Å². The molecule has 1 aromatic carbocycles. The van der Waals surface area contributed by atoms with Gasteiger partial charge in [0.25, 0.3) is 0 Å². The lowest BCUT2D eigenvalue weighted by Gasteiger charge is -2.32. The van der Waals surface area contributed by atoms with Crippen LogP contribution in [0.4, 0.5) is 5.69 Å². The van der Waals surface area contributed by atoms with E-state index >= 15 is 0 Å². The molecule has 2 atom stereocenters. The van der Waals surface area contributed by atoms with E-state index in [1.54, 1.807) is 0 Å². The Bertz CT molecular complexity index is 727. The second-order valence-corrected chi connectivity index (χ2v) is 8.93. The number of likely N-dealkylation sites (tertiary alicyclic amines) is 1. The number of nitrogens with zero attached hydrogens (tertiary/aromatic N) is 4. The molecule has 2 unspecified atom stereocenters. The quantitative estimate of drug-likeness (QED) is 0.357. The summed E-state index contributed by atoms with van der Waals surface area (Å²) in [4.78, 5) is 12.1. The average molecular weight is 548 g/mol. The summed E-state index contributed by atoms with van der Waals surface area (Å²) in [7, 11) is 1.90. The van der Waals surface area contributed by atoms with Crippen molar-refractivity contribution in [3.05, 3.63) is 28.8 Å². The molecule has 0 saturated carbocycles. The van der Waals surface area contributed by atoms with E-state index < -0.39 is 0 Å². The van der Waals surface area contributed by atoms with Gasteiger partial charge in [0.05, 0.1) is 13.2 Å². The topological polar surface area (TPSA) is 43.3 Å². The Balaban J connectivity index is 0.00000256. The highest BCUT2D eigenvalue weighted by Gasteiger charge is 2.31. The zero-order valence-corrected chi connectivity index (χ0v) is 21.2. The Morgan fingerprint density at radius 2 is 1.97 bits per heavy atom. The summed E-state index contributed by atoms with van der Waals surface area (Å²) in [6.07, 6.45) is 2.41. The number of halogens is 2. The minimum Gasteiger partial charge on any atom is -0.379 e. The number of guanidine groups is 1. The summed E-state index contributed by atoms with van der Waals surface area (Å²) in [6, 6.07) is 6.82. The summed E-state index contributed by atoms with van der Waals surface area (Å²) in [5.41, 5.74) is 2.57. The number of morpholine rings is 1. The van der Waals surface area contributed by atoms with Crippen LogP contribution in [0, 0.1) is 12.8 Å². The largest absolute Gasteiger partial charge is 0.379 e. The predicted molar refractivity (Wildman–Crippen MR) is 136 cm³/mol. The summed E-state index contributed by atoms with van der Waals surface area (Å²) in [5.74, 6) is 1.68. The summed E-state index contributed by atoms with van der Waals surface area (Å²) in [6.45, 7) is 11.3. The van der Waals surface area contributed by atoms with Crippen LogP contribution in [0.15, 0.2) is 23.2 Å². The van der Waals surface area contributed by atoms with Crippen molar-refractivity contribution in [2.45, 2.75) is 25.8 Å². The monoisotopic (exact) mass is 547 g/mol. The number of hydrogen-bond donors (Lipinski definition) is 1. The molecular weight excluding hydrogens is 513 g/mol. The maximum Gasteiger partial charge on any atom is 0.193 e. The first-order valence-electron chi connectivity index (χ1n) is 10.9. The Hall–Kier alpha value is -0.770. The van der Waals surface area contributed by atoms with E-state index in [2.05, 4.69) is 44.1 Å². The molecule has 168 valence electrons. The first kappa shape index (κ1) is 23.9. The van der Waals surface area contributed by atoms with Crippen LogP contribution in [0.3, 0.4) is 0 Å². The average Bonchev–Trinajstić information content (AvgIpc) is 3.41. The van der Waals surface area contributed by atoms with Gasteiger partial charge in [0.1, 0.15) is 0 Å². The lowest BCUT2D eigenvalue weighted by atomic mass is 10.1. The maximum atomic E-state index is 6.22. The van der Waals surface area contributed by atoms with Gasteiger partial charge in [0.15, 0.2) is 5.96 Å². The van der Waals surface area contributed by atoms with Crippen molar-refractivity contribution in [1.29, 1.82) is 0 Å². The van der Waals surface area contributed by atoms with Gasteiger partial charge in [0.2, 0.25) is 0 Å². The number of anilines is 1. The Morgan fingerprint density at radius 1 is 1.17 bits per heavy atom. The molecule has 3 aliphatic heterocycles. The predicted octanol–water partition coefficient (Wildman–Crippen LogP) is 3.07. The summed E-state index contributed by atoms with van der Waals surface area (Å²) >= 11 is 6.22. The van der Waals surface area contributed by atoms with E-state index in [9.17, 15) is 0 Å². The third-order valence-electron chi connectivity index (χ3n) is 6.58. The number of rotatable bonds is 4. The highest BCUT2D eigenvalue weighted by Crippen LogP contribution is 2.29. The normalized spacial score (nSPS) is 25.5. The van der Waals surface area contributed by atoms with Crippen LogP contribution < -0.4 is 10.2 Å². The van der Waals surface area contributed by atoms with Crippen molar-refractivity contribution in [1.82, 2.24) is 15.1 Å². The van der Waals surface area contributed by atoms with Gasteiger partial charge in [0, 0.05) is 69.6 Å². The molecule has 8 heteroatoms. The van der Waals surface area contributed by atoms with Gasteiger partial charge in [-0.3, -0.25) is 9.89 Å². The van der Waals surface area contributed by atoms with E-state index in [0.29, 0.717) is 12.0 Å². The van der Waals surface area contributed by atoms with Gasteiger partial charge in [-0.2, -0.15) is 0 Å². The zero-order chi connectivity index (χ0) is 20.2. The van der Waals surface area contributed by atoms with Crippen molar-refractivity contribution in [2.75, 3.05) is 71.0 Å². The van der Waals surface area contributed by atoms with Gasteiger partial charge in [-0.25, -0.2) is 0 Å². The van der Waals surface area contributed by atoms with Gasteiger partial charge < -0.3 is 19.9 Å². The second kappa shape index (κ2) is 11.2. The van der Waals surface area contributed by atoms with Gasteiger partial charge in [-0.05, 0) is 43.4 Å². The first-order valence-corrected chi connectivity index (χ1v) is 11.3. The van der Waals surface area contributed by atoms with E-state index in [0.717, 1.165) is 70.0 Å². The molecule has 1 aromatic rings. The van der Waals surface area contributed by atoms with Crippen LogP contribution in [0.25, 0.3) is 0 Å². The lowest BCUT2D eigenvalue weighted by molar-refractivity contribution is 0.0195. The molecule has 3 fully saturated rings.